The first kappa shape index (κ1) is 20.7. The van der Waals surface area contributed by atoms with Crippen molar-refractivity contribution >= 4 is 34.6 Å². The molecular formula is C24H22N4O2S. The summed E-state index contributed by atoms with van der Waals surface area (Å²) in [7, 11) is 1.77. The van der Waals surface area contributed by atoms with Crippen LogP contribution >= 0.6 is 11.8 Å². The first-order chi connectivity index (χ1) is 14.9. The normalized spacial score (nSPS) is 15.9. The molecule has 2 aromatic carbocycles. The molecule has 156 valence electrons. The Labute approximate surface area is 184 Å². The number of anilines is 1. The molecule has 0 bridgehead atoms. The largest absolute Gasteiger partial charge is 0.296 e. The van der Waals surface area contributed by atoms with Gasteiger partial charge in [-0.2, -0.15) is 0 Å². The zero-order chi connectivity index (χ0) is 22.1. The highest BCUT2D eigenvalue weighted by atomic mass is 32.2. The van der Waals surface area contributed by atoms with Crippen molar-refractivity contribution < 1.29 is 4.79 Å². The van der Waals surface area contributed by atoms with Gasteiger partial charge in [-0.3, -0.25) is 19.7 Å². The number of amides is 1. The highest BCUT2D eigenvalue weighted by Crippen LogP contribution is 2.35. The van der Waals surface area contributed by atoms with Crippen LogP contribution in [-0.2, 0) is 11.8 Å². The van der Waals surface area contributed by atoms with Gasteiger partial charge in [-0.05, 0) is 55.0 Å². The molecule has 0 atom stereocenters. The maximum atomic E-state index is 13.3. The van der Waals surface area contributed by atoms with Crippen molar-refractivity contribution in [2.75, 3.05) is 4.90 Å². The number of nitrogens with zero attached hydrogens (tertiary/aromatic N) is 3. The summed E-state index contributed by atoms with van der Waals surface area (Å²) in [5.41, 5.74) is 3.12. The molecule has 1 aromatic heterocycles. The number of carbonyl (C=O) groups excluding carboxylic acids is 1. The van der Waals surface area contributed by atoms with Crippen LogP contribution in [0.25, 0.3) is 11.8 Å². The molecule has 6 nitrogen and oxygen atoms in total. The molecule has 3 aromatic rings. The summed E-state index contributed by atoms with van der Waals surface area (Å²) in [6.45, 7) is 3.69. The topological polar surface area (TPSA) is 71.1 Å². The van der Waals surface area contributed by atoms with E-state index in [0.29, 0.717) is 16.3 Å². The third kappa shape index (κ3) is 3.80. The van der Waals surface area contributed by atoms with Crippen LogP contribution in [0.3, 0.4) is 0 Å². The molecule has 0 spiro atoms. The van der Waals surface area contributed by atoms with Crippen LogP contribution in [0.15, 0.2) is 82.0 Å². The van der Waals surface area contributed by atoms with Crippen LogP contribution < -0.4 is 10.5 Å². The summed E-state index contributed by atoms with van der Waals surface area (Å²) in [6.07, 6.45) is 3.74. The van der Waals surface area contributed by atoms with Crippen LogP contribution in [0.5, 0.6) is 0 Å². The predicted molar refractivity (Wildman–Crippen MR) is 127 cm³/mol. The van der Waals surface area contributed by atoms with Crippen LogP contribution in [0.1, 0.15) is 18.2 Å². The summed E-state index contributed by atoms with van der Waals surface area (Å²) >= 11 is 1.07. The Hall–Kier alpha value is -3.58. The number of allylic oxidation sites excluding steroid dienone is 2. The predicted octanol–water partition coefficient (Wildman–Crippen LogP) is 4.49. The molecule has 1 amide bonds. The molecular weight excluding hydrogens is 408 g/mol. The minimum atomic E-state index is -0.359. The van der Waals surface area contributed by atoms with E-state index in [2.05, 4.69) is 0 Å². The van der Waals surface area contributed by atoms with Crippen LogP contribution in [0.2, 0.25) is 0 Å². The lowest BCUT2D eigenvalue weighted by atomic mass is 10.1. The molecule has 0 saturated carbocycles. The standard InChI is InChI=1S/C24H22N4O2S/c1-16(14-18-10-6-4-7-11-18)15-20-22(29)27(24(25)31-20)21-17(2)26(3)28(23(21)30)19-12-8-5-9-13-19/h4-15,25H,1-3H3. The van der Waals surface area contributed by atoms with Crippen LogP contribution in [0, 0.1) is 12.3 Å². The molecule has 0 radical (unpaired) electrons. The number of para-hydroxylation sites is 1. The number of hydrogen-bond acceptors (Lipinski definition) is 4. The van der Waals surface area contributed by atoms with Gasteiger partial charge in [0.05, 0.1) is 16.3 Å². The summed E-state index contributed by atoms with van der Waals surface area (Å²) < 4.78 is 3.22. The smallest absolute Gasteiger partial charge is 0.283 e. The Kier molecular flexibility index (Phi) is 5.52. The summed E-state index contributed by atoms with van der Waals surface area (Å²) in [5, 5.41) is 8.42. The zero-order valence-electron chi connectivity index (χ0n) is 17.5. The molecule has 1 saturated heterocycles. The zero-order valence-corrected chi connectivity index (χ0v) is 18.3. The summed E-state index contributed by atoms with van der Waals surface area (Å²) in [6, 6.07) is 19.1. The summed E-state index contributed by atoms with van der Waals surface area (Å²) in [4.78, 5) is 28.1. The number of thioether (sulfide) groups is 1. The third-order valence-electron chi connectivity index (χ3n) is 5.12. The van der Waals surface area contributed by atoms with Gasteiger partial charge >= 0.3 is 0 Å². The van der Waals surface area contributed by atoms with Gasteiger partial charge < -0.3 is 0 Å². The average molecular weight is 431 g/mol. The van der Waals surface area contributed by atoms with E-state index in [1.54, 1.807) is 24.7 Å². The van der Waals surface area contributed by atoms with Gasteiger partial charge in [0.2, 0.25) is 0 Å². The monoisotopic (exact) mass is 430 g/mol. The van der Waals surface area contributed by atoms with Gasteiger partial charge in [-0.25, -0.2) is 9.58 Å². The lowest BCUT2D eigenvalue weighted by molar-refractivity contribution is -0.113. The van der Waals surface area contributed by atoms with Gasteiger partial charge in [0, 0.05) is 7.05 Å². The number of rotatable bonds is 4. The Balaban J connectivity index is 1.72. The Morgan fingerprint density at radius 3 is 2.26 bits per heavy atom. The SMILES string of the molecule is CC(=Cc1ccccc1)C=C1SC(=N)N(c2c(C)n(C)n(-c3ccccc3)c2=O)C1=O. The second-order valence-electron chi connectivity index (χ2n) is 7.27. The highest BCUT2D eigenvalue weighted by molar-refractivity contribution is 8.19. The van der Waals surface area contributed by atoms with E-state index in [0.717, 1.165) is 22.9 Å². The molecule has 4 rings (SSSR count). The minimum absolute atomic E-state index is 0.0229. The van der Waals surface area contributed by atoms with E-state index in [1.165, 1.54) is 9.58 Å². The number of amidine groups is 1. The molecule has 7 heteroatoms. The number of hydrogen-bond donors (Lipinski definition) is 1. The van der Waals surface area contributed by atoms with Crippen LogP contribution in [-0.4, -0.2) is 20.4 Å². The highest BCUT2D eigenvalue weighted by Gasteiger charge is 2.37. The van der Waals surface area contributed by atoms with E-state index in [1.807, 2.05) is 73.7 Å². The molecule has 1 N–H and O–H groups in total. The van der Waals surface area contributed by atoms with Crippen molar-refractivity contribution in [2.24, 2.45) is 7.05 Å². The third-order valence-corrected chi connectivity index (χ3v) is 6.01. The second kappa shape index (κ2) is 8.28. The Morgan fingerprint density at radius 2 is 1.61 bits per heavy atom. The lowest BCUT2D eigenvalue weighted by Gasteiger charge is -2.12. The number of aromatic nitrogens is 2. The second-order valence-corrected chi connectivity index (χ2v) is 8.30. The van der Waals surface area contributed by atoms with Crippen molar-refractivity contribution in [3.05, 3.63) is 98.8 Å². The molecule has 31 heavy (non-hydrogen) atoms. The molecule has 1 aliphatic rings. The van der Waals surface area contributed by atoms with E-state index >= 15 is 0 Å². The number of benzene rings is 2. The van der Waals surface area contributed by atoms with E-state index in [9.17, 15) is 9.59 Å². The van der Waals surface area contributed by atoms with Gasteiger partial charge in [-0.15, -0.1) is 0 Å². The van der Waals surface area contributed by atoms with Crippen molar-refractivity contribution in [3.8, 4) is 5.69 Å². The fourth-order valence-electron chi connectivity index (χ4n) is 3.56. The van der Waals surface area contributed by atoms with E-state index in [-0.39, 0.29) is 22.3 Å². The first-order valence-corrected chi connectivity index (χ1v) is 10.6. The van der Waals surface area contributed by atoms with Crippen molar-refractivity contribution in [1.29, 1.82) is 5.41 Å². The number of carbonyl (C=O) groups is 1. The maximum absolute atomic E-state index is 13.3. The van der Waals surface area contributed by atoms with Crippen molar-refractivity contribution in [2.45, 2.75) is 13.8 Å². The summed E-state index contributed by atoms with van der Waals surface area (Å²) in [5.74, 6) is -0.359. The molecule has 1 aliphatic heterocycles. The number of nitrogens with one attached hydrogen (secondary N) is 1. The fourth-order valence-corrected chi connectivity index (χ4v) is 4.46. The lowest BCUT2D eigenvalue weighted by Crippen LogP contribution is -2.33. The van der Waals surface area contributed by atoms with Gasteiger partial charge in [0.1, 0.15) is 5.69 Å². The first-order valence-electron chi connectivity index (χ1n) is 9.78. The van der Waals surface area contributed by atoms with E-state index in [4.69, 9.17) is 5.41 Å². The van der Waals surface area contributed by atoms with Gasteiger partial charge in [0.25, 0.3) is 11.5 Å². The van der Waals surface area contributed by atoms with Crippen LogP contribution in [0.4, 0.5) is 5.69 Å². The molecule has 2 heterocycles. The Bertz CT molecular complexity index is 1280. The minimum Gasteiger partial charge on any atom is -0.283 e. The molecule has 0 aliphatic carbocycles. The average Bonchev–Trinajstić information content (AvgIpc) is 3.14. The molecule has 0 unspecified atom stereocenters. The molecule has 1 fully saturated rings. The Morgan fingerprint density at radius 1 is 1.00 bits per heavy atom. The quantitative estimate of drug-likeness (QED) is 0.620. The van der Waals surface area contributed by atoms with Gasteiger partial charge in [-0.1, -0.05) is 54.6 Å². The van der Waals surface area contributed by atoms with Gasteiger partial charge in [0.15, 0.2) is 5.17 Å². The van der Waals surface area contributed by atoms with E-state index < -0.39 is 0 Å². The fraction of sp³-hybridized carbons (Fsp3) is 0.125. The maximum Gasteiger partial charge on any atom is 0.296 e. The van der Waals surface area contributed by atoms with Crippen molar-refractivity contribution in [3.63, 3.8) is 0 Å². The van der Waals surface area contributed by atoms with Crippen molar-refractivity contribution in [1.82, 2.24) is 9.36 Å².